The first-order chi connectivity index (χ1) is 9.81. The minimum atomic E-state index is 0.391. The fourth-order valence-corrected chi connectivity index (χ4v) is 3.89. The summed E-state index contributed by atoms with van der Waals surface area (Å²) in [5, 5.41) is 12.0. The number of hydrogen-bond donors (Lipinski definition) is 4. The summed E-state index contributed by atoms with van der Waals surface area (Å²) >= 11 is 2.01. The van der Waals surface area contributed by atoms with Crippen molar-refractivity contribution in [3.63, 3.8) is 0 Å². The van der Waals surface area contributed by atoms with Crippen LogP contribution in [0.3, 0.4) is 0 Å². The van der Waals surface area contributed by atoms with E-state index < -0.39 is 0 Å². The van der Waals surface area contributed by atoms with E-state index >= 15 is 0 Å². The topological polar surface area (TPSA) is 105 Å². The molecule has 0 radical (unpaired) electrons. The average molecular weight is 293 g/mol. The molecule has 1 aliphatic carbocycles. The Morgan fingerprint density at radius 2 is 2.35 bits per heavy atom. The monoisotopic (exact) mass is 293 g/mol. The Bertz CT molecular complexity index is 584. The van der Waals surface area contributed by atoms with Crippen molar-refractivity contribution in [2.75, 3.05) is 16.5 Å². The minimum Gasteiger partial charge on any atom is -0.365 e. The minimum absolute atomic E-state index is 0.391. The van der Waals surface area contributed by atoms with E-state index in [1.165, 1.54) is 19.3 Å². The molecule has 0 saturated heterocycles. The molecule has 0 amide bonds. The first kappa shape index (κ1) is 13.4. The number of anilines is 2. The molecule has 3 rings (SSSR count). The van der Waals surface area contributed by atoms with Gasteiger partial charge in [0.05, 0.1) is 11.6 Å². The van der Waals surface area contributed by atoms with Gasteiger partial charge in [-0.3, -0.25) is 10.5 Å². The van der Waals surface area contributed by atoms with Gasteiger partial charge in [-0.05, 0) is 18.6 Å². The van der Waals surface area contributed by atoms with Crippen LogP contribution in [0, 0.1) is 0 Å². The number of aromatic amines is 1. The number of hydrogen-bond acceptors (Lipinski definition) is 7. The largest absolute Gasteiger partial charge is 0.365 e. The second-order valence-electron chi connectivity index (χ2n) is 4.85. The Morgan fingerprint density at radius 1 is 1.45 bits per heavy atom. The normalized spacial score (nSPS) is 22.3. The van der Waals surface area contributed by atoms with Crippen molar-refractivity contribution >= 4 is 34.6 Å². The van der Waals surface area contributed by atoms with Gasteiger partial charge in [0.2, 0.25) is 5.95 Å². The zero-order chi connectivity index (χ0) is 13.9. The fourth-order valence-electron chi connectivity index (χ4n) is 2.69. The summed E-state index contributed by atoms with van der Waals surface area (Å²) in [5.74, 6) is 7.75. The lowest BCUT2D eigenvalue weighted by Crippen LogP contribution is -2.27. The van der Waals surface area contributed by atoms with Crippen LogP contribution < -0.4 is 16.6 Å². The molecule has 5 N–H and O–H groups in total. The number of nitrogens with zero attached hydrogens (tertiary/aromatic N) is 3. The van der Waals surface area contributed by atoms with Crippen LogP contribution in [0.4, 0.5) is 11.8 Å². The van der Waals surface area contributed by atoms with Crippen LogP contribution in [0.15, 0.2) is 6.20 Å². The Morgan fingerprint density at radius 3 is 3.15 bits per heavy atom. The van der Waals surface area contributed by atoms with Crippen LogP contribution in [-0.2, 0) is 0 Å². The average Bonchev–Trinajstić information content (AvgIpc) is 3.08. The highest BCUT2D eigenvalue weighted by atomic mass is 32.2. The molecular formula is C12H19N7S. The fraction of sp³-hybridized carbons (Fsp3) is 0.583. The maximum atomic E-state index is 5.42. The van der Waals surface area contributed by atoms with Crippen molar-refractivity contribution in [2.45, 2.75) is 37.5 Å². The number of thioether (sulfide) groups is 1. The van der Waals surface area contributed by atoms with Gasteiger partial charge < -0.3 is 5.32 Å². The number of H-pyrrole nitrogens is 1. The van der Waals surface area contributed by atoms with Crippen molar-refractivity contribution in [1.82, 2.24) is 20.2 Å². The van der Waals surface area contributed by atoms with E-state index in [4.69, 9.17) is 5.84 Å². The molecule has 1 aliphatic rings. The number of nitrogens with two attached hydrogens (primary N) is 1. The SMILES string of the molecule is CCSC1CCCC1Nc1nc(NN)nc2[nH]ncc12. The van der Waals surface area contributed by atoms with E-state index in [-0.39, 0.29) is 0 Å². The highest BCUT2D eigenvalue weighted by molar-refractivity contribution is 7.99. The zero-order valence-electron chi connectivity index (χ0n) is 11.4. The van der Waals surface area contributed by atoms with E-state index in [2.05, 4.69) is 37.8 Å². The lowest BCUT2D eigenvalue weighted by Gasteiger charge is -2.21. The van der Waals surface area contributed by atoms with E-state index in [9.17, 15) is 0 Å². The third-order valence-corrected chi connectivity index (χ3v) is 4.92. The number of aromatic nitrogens is 4. The van der Waals surface area contributed by atoms with Crippen LogP contribution in [0.2, 0.25) is 0 Å². The Balaban J connectivity index is 1.87. The molecule has 0 bridgehead atoms. The second kappa shape index (κ2) is 5.84. The molecule has 0 spiro atoms. The molecule has 2 atom stereocenters. The van der Waals surface area contributed by atoms with Gasteiger partial charge in [-0.2, -0.15) is 26.8 Å². The van der Waals surface area contributed by atoms with Crippen LogP contribution in [0.5, 0.6) is 0 Å². The molecule has 7 nitrogen and oxygen atoms in total. The lowest BCUT2D eigenvalue weighted by molar-refractivity contribution is 0.764. The molecular weight excluding hydrogens is 274 g/mol. The molecule has 108 valence electrons. The highest BCUT2D eigenvalue weighted by Gasteiger charge is 2.28. The summed E-state index contributed by atoms with van der Waals surface area (Å²) in [7, 11) is 0. The standard InChI is InChI=1S/C12H19N7S/c1-2-20-9-5-3-4-8(9)15-10-7-6-14-19-11(7)17-12(16-10)18-13/h6,8-9H,2-5,13H2,1H3,(H3,14,15,16,17,18,19). The van der Waals surface area contributed by atoms with Crippen molar-refractivity contribution < 1.29 is 0 Å². The Hall–Kier alpha value is -1.54. The van der Waals surface area contributed by atoms with E-state index in [0.717, 1.165) is 17.0 Å². The van der Waals surface area contributed by atoms with E-state index in [1.807, 2.05) is 11.8 Å². The van der Waals surface area contributed by atoms with Gasteiger partial charge in [-0.15, -0.1) is 0 Å². The summed E-state index contributed by atoms with van der Waals surface area (Å²) in [6.45, 7) is 2.20. The second-order valence-corrected chi connectivity index (χ2v) is 6.36. The zero-order valence-corrected chi connectivity index (χ0v) is 12.2. The number of nitrogen functional groups attached to an aromatic ring is 1. The van der Waals surface area contributed by atoms with Gasteiger partial charge in [-0.1, -0.05) is 13.3 Å². The van der Waals surface area contributed by atoms with Crippen molar-refractivity contribution in [1.29, 1.82) is 0 Å². The molecule has 2 aromatic rings. The quantitative estimate of drug-likeness (QED) is 0.491. The maximum absolute atomic E-state index is 5.42. The predicted octanol–water partition coefficient (Wildman–Crippen LogP) is 1.72. The smallest absolute Gasteiger partial charge is 0.241 e. The van der Waals surface area contributed by atoms with Crippen LogP contribution in [0.25, 0.3) is 11.0 Å². The molecule has 0 aliphatic heterocycles. The molecule has 2 aromatic heterocycles. The van der Waals surface area contributed by atoms with Gasteiger partial charge >= 0.3 is 0 Å². The third-order valence-electron chi connectivity index (χ3n) is 3.59. The number of hydrazine groups is 1. The van der Waals surface area contributed by atoms with Gasteiger partial charge in [0.15, 0.2) is 5.65 Å². The Labute approximate surface area is 121 Å². The van der Waals surface area contributed by atoms with Crippen molar-refractivity contribution in [3.8, 4) is 0 Å². The molecule has 1 fully saturated rings. The van der Waals surface area contributed by atoms with Gasteiger partial charge in [0.1, 0.15) is 5.82 Å². The summed E-state index contributed by atoms with van der Waals surface area (Å²) in [6.07, 6.45) is 5.44. The summed E-state index contributed by atoms with van der Waals surface area (Å²) in [5.41, 5.74) is 3.18. The lowest BCUT2D eigenvalue weighted by atomic mass is 10.2. The van der Waals surface area contributed by atoms with Crippen molar-refractivity contribution in [3.05, 3.63) is 6.20 Å². The summed E-state index contributed by atoms with van der Waals surface area (Å²) in [6, 6.07) is 0.443. The number of fused-ring (bicyclic) bond motifs is 1. The molecule has 20 heavy (non-hydrogen) atoms. The molecule has 1 saturated carbocycles. The van der Waals surface area contributed by atoms with Gasteiger partial charge in [0.25, 0.3) is 0 Å². The van der Waals surface area contributed by atoms with Gasteiger partial charge in [-0.25, -0.2) is 5.84 Å². The van der Waals surface area contributed by atoms with E-state index in [1.54, 1.807) is 6.20 Å². The first-order valence-corrected chi connectivity index (χ1v) is 7.92. The third kappa shape index (κ3) is 2.53. The van der Waals surface area contributed by atoms with Crippen molar-refractivity contribution in [2.24, 2.45) is 5.84 Å². The maximum Gasteiger partial charge on any atom is 0.241 e. The number of rotatable bonds is 5. The molecule has 2 heterocycles. The molecule has 2 unspecified atom stereocenters. The first-order valence-electron chi connectivity index (χ1n) is 6.87. The van der Waals surface area contributed by atoms with E-state index in [0.29, 0.717) is 22.9 Å². The van der Waals surface area contributed by atoms with Crippen LogP contribution in [0.1, 0.15) is 26.2 Å². The summed E-state index contributed by atoms with van der Waals surface area (Å²) < 4.78 is 0. The molecule has 8 heteroatoms. The molecule has 0 aromatic carbocycles. The summed E-state index contributed by atoms with van der Waals surface area (Å²) in [4.78, 5) is 8.66. The van der Waals surface area contributed by atoms with Crippen LogP contribution in [-0.4, -0.2) is 37.2 Å². The Kier molecular flexibility index (Phi) is 3.93. The van der Waals surface area contributed by atoms with Gasteiger partial charge in [0, 0.05) is 11.3 Å². The van der Waals surface area contributed by atoms with Crippen LogP contribution >= 0.6 is 11.8 Å². The predicted molar refractivity (Wildman–Crippen MR) is 82.7 cm³/mol. The highest BCUT2D eigenvalue weighted by Crippen LogP contribution is 2.33. The number of nitrogens with one attached hydrogen (secondary N) is 3.